The van der Waals surface area contributed by atoms with Crippen molar-refractivity contribution < 1.29 is 4.39 Å². The summed E-state index contributed by atoms with van der Waals surface area (Å²) in [5.41, 5.74) is 1.80. The highest BCUT2D eigenvalue weighted by Gasteiger charge is 2.27. The van der Waals surface area contributed by atoms with E-state index < -0.39 is 0 Å². The molecule has 4 heteroatoms. The van der Waals surface area contributed by atoms with Crippen LogP contribution >= 0.6 is 11.6 Å². The highest BCUT2D eigenvalue weighted by molar-refractivity contribution is 6.30. The summed E-state index contributed by atoms with van der Waals surface area (Å²) in [6.07, 6.45) is 0. The summed E-state index contributed by atoms with van der Waals surface area (Å²) in [6.45, 7) is 3.63. The number of benzene rings is 2. The van der Waals surface area contributed by atoms with Crippen LogP contribution in [0, 0.1) is 5.82 Å². The van der Waals surface area contributed by atoms with E-state index in [4.69, 9.17) is 11.6 Å². The Kier molecular flexibility index (Phi) is 4.13. The van der Waals surface area contributed by atoms with Crippen LogP contribution < -0.4 is 10.2 Å². The first-order valence-corrected chi connectivity index (χ1v) is 7.53. The Labute approximate surface area is 129 Å². The Bertz CT molecular complexity index is 617. The highest BCUT2D eigenvalue weighted by Crippen LogP contribution is 2.29. The Hall–Kier alpha value is -1.58. The Balaban J connectivity index is 1.89. The molecule has 1 saturated heterocycles. The smallest absolute Gasteiger partial charge is 0.146 e. The summed E-state index contributed by atoms with van der Waals surface area (Å²) in [5.74, 6) is -0.222. The highest BCUT2D eigenvalue weighted by atomic mass is 35.5. The molecule has 0 amide bonds. The molecule has 21 heavy (non-hydrogen) atoms. The van der Waals surface area contributed by atoms with Crippen molar-refractivity contribution in [2.75, 3.05) is 18.0 Å². The van der Waals surface area contributed by atoms with Gasteiger partial charge in [-0.3, -0.25) is 0 Å². The van der Waals surface area contributed by atoms with Crippen LogP contribution in [0.15, 0.2) is 48.5 Å². The zero-order valence-corrected chi connectivity index (χ0v) is 12.6. The van der Waals surface area contributed by atoms with Gasteiger partial charge in [-0.2, -0.15) is 0 Å². The maximum Gasteiger partial charge on any atom is 0.146 e. The van der Waals surface area contributed by atoms with Gasteiger partial charge in [0.15, 0.2) is 0 Å². The van der Waals surface area contributed by atoms with E-state index >= 15 is 0 Å². The monoisotopic (exact) mass is 304 g/mol. The summed E-state index contributed by atoms with van der Waals surface area (Å²) in [7, 11) is 0. The summed E-state index contributed by atoms with van der Waals surface area (Å²) >= 11 is 6.03. The fourth-order valence-electron chi connectivity index (χ4n) is 2.81. The second-order valence-corrected chi connectivity index (χ2v) is 5.91. The van der Waals surface area contributed by atoms with Gasteiger partial charge in [0.25, 0.3) is 0 Å². The molecule has 2 aromatic carbocycles. The molecule has 0 saturated carbocycles. The number of nitrogens with one attached hydrogen (secondary N) is 1. The molecule has 1 N–H and O–H groups in total. The molecule has 0 bridgehead atoms. The lowest BCUT2D eigenvalue weighted by Crippen LogP contribution is -2.51. The third-order valence-corrected chi connectivity index (χ3v) is 4.23. The van der Waals surface area contributed by atoms with Crippen LogP contribution in [0.2, 0.25) is 5.02 Å². The summed E-state index contributed by atoms with van der Waals surface area (Å²) < 4.78 is 14.1. The Morgan fingerprint density at radius 3 is 2.71 bits per heavy atom. The molecule has 3 rings (SSSR count). The quantitative estimate of drug-likeness (QED) is 0.901. The molecule has 0 aliphatic carbocycles. The van der Waals surface area contributed by atoms with Gasteiger partial charge in [-0.15, -0.1) is 0 Å². The topological polar surface area (TPSA) is 15.3 Å². The lowest BCUT2D eigenvalue weighted by molar-refractivity contribution is 0.410. The predicted molar refractivity (Wildman–Crippen MR) is 85.4 cm³/mol. The number of hydrogen-bond donors (Lipinski definition) is 1. The number of hydrogen-bond acceptors (Lipinski definition) is 2. The van der Waals surface area contributed by atoms with Gasteiger partial charge in [0.1, 0.15) is 5.82 Å². The maximum atomic E-state index is 14.1. The summed E-state index contributed by atoms with van der Waals surface area (Å²) in [4.78, 5) is 2.09. The van der Waals surface area contributed by atoms with Crippen molar-refractivity contribution >= 4 is 17.3 Å². The molecule has 1 heterocycles. The molecule has 1 fully saturated rings. The number of halogens is 2. The van der Waals surface area contributed by atoms with Gasteiger partial charge in [0.2, 0.25) is 0 Å². The average Bonchev–Trinajstić information content (AvgIpc) is 2.51. The van der Waals surface area contributed by atoms with Gasteiger partial charge in [-0.05, 0) is 30.7 Å². The molecule has 1 aliphatic rings. The largest absolute Gasteiger partial charge is 0.363 e. The lowest BCUT2D eigenvalue weighted by Gasteiger charge is -2.40. The first kappa shape index (κ1) is 14.4. The van der Waals surface area contributed by atoms with Crippen LogP contribution in [0.25, 0.3) is 0 Å². The maximum absolute atomic E-state index is 14.1. The van der Waals surface area contributed by atoms with E-state index in [9.17, 15) is 4.39 Å². The molecular formula is C17H18ClFN2. The standard InChI is InChI=1S/C17H18ClFN2/c1-12-10-20-16(13-5-3-2-4-6-13)11-21(12)17-9-14(18)7-8-15(17)19/h2-9,12,16,20H,10-11H2,1H3. The van der Waals surface area contributed by atoms with Crippen molar-refractivity contribution in [1.82, 2.24) is 5.32 Å². The fourth-order valence-corrected chi connectivity index (χ4v) is 2.98. The average molecular weight is 305 g/mol. The molecule has 2 atom stereocenters. The van der Waals surface area contributed by atoms with Crippen LogP contribution in [0.5, 0.6) is 0 Å². The number of rotatable bonds is 2. The molecule has 1 aliphatic heterocycles. The van der Waals surface area contributed by atoms with Gasteiger partial charge < -0.3 is 10.2 Å². The Morgan fingerprint density at radius 2 is 1.95 bits per heavy atom. The van der Waals surface area contributed by atoms with E-state index in [2.05, 4.69) is 29.3 Å². The number of piperazine rings is 1. The fraction of sp³-hybridized carbons (Fsp3) is 0.294. The van der Waals surface area contributed by atoms with Crippen LogP contribution in [-0.4, -0.2) is 19.1 Å². The van der Waals surface area contributed by atoms with Gasteiger partial charge >= 0.3 is 0 Å². The minimum absolute atomic E-state index is 0.195. The van der Waals surface area contributed by atoms with Gasteiger partial charge in [0.05, 0.1) is 5.69 Å². The van der Waals surface area contributed by atoms with Crippen LogP contribution in [0.4, 0.5) is 10.1 Å². The minimum Gasteiger partial charge on any atom is -0.363 e. The Morgan fingerprint density at radius 1 is 1.19 bits per heavy atom. The molecule has 2 aromatic rings. The van der Waals surface area contributed by atoms with Crippen molar-refractivity contribution in [3.63, 3.8) is 0 Å². The zero-order chi connectivity index (χ0) is 14.8. The van der Waals surface area contributed by atoms with Gasteiger partial charge in [-0.1, -0.05) is 41.9 Å². The zero-order valence-electron chi connectivity index (χ0n) is 11.9. The summed E-state index contributed by atoms with van der Waals surface area (Å²) in [5, 5.41) is 4.09. The van der Waals surface area contributed by atoms with E-state index in [0.29, 0.717) is 10.7 Å². The van der Waals surface area contributed by atoms with Crippen molar-refractivity contribution in [1.29, 1.82) is 0 Å². The van der Waals surface area contributed by atoms with Gasteiger partial charge in [0, 0.05) is 30.2 Å². The van der Waals surface area contributed by atoms with E-state index in [0.717, 1.165) is 13.1 Å². The lowest BCUT2D eigenvalue weighted by atomic mass is 10.0. The SMILES string of the molecule is CC1CNC(c2ccccc2)CN1c1cc(Cl)ccc1F. The number of anilines is 1. The van der Waals surface area contributed by atoms with Crippen molar-refractivity contribution in [2.24, 2.45) is 0 Å². The molecule has 0 spiro atoms. The van der Waals surface area contributed by atoms with Crippen molar-refractivity contribution in [2.45, 2.75) is 19.0 Å². The molecule has 2 unspecified atom stereocenters. The third-order valence-electron chi connectivity index (χ3n) is 3.99. The van der Waals surface area contributed by atoms with E-state index in [1.54, 1.807) is 12.1 Å². The molecule has 0 aromatic heterocycles. The van der Waals surface area contributed by atoms with E-state index in [1.807, 2.05) is 18.2 Å². The molecular weight excluding hydrogens is 287 g/mol. The predicted octanol–water partition coefficient (Wildman–Crippen LogP) is 4.02. The van der Waals surface area contributed by atoms with E-state index in [-0.39, 0.29) is 17.9 Å². The third kappa shape index (κ3) is 3.04. The van der Waals surface area contributed by atoms with Crippen molar-refractivity contribution in [3.8, 4) is 0 Å². The second kappa shape index (κ2) is 6.04. The van der Waals surface area contributed by atoms with Crippen LogP contribution in [-0.2, 0) is 0 Å². The van der Waals surface area contributed by atoms with Gasteiger partial charge in [-0.25, -0.2) is 4.39 Å². The van der Waals surface area contributed by atoms with Crippen LogP contribution in [0.1, 0.15) is 18.5 Å². The normalized spacial score (nSPS) is 22.3. The first-order valence-electron chi connectivity index (χ1n) is 7.15. The number of nitrogens with zero attached hydrogens (tertiary/aromatic N) is 1. The molecule has 0 radical (unpaired) electrons. The van der Waals surface area contributed by atoms with E-state index in [1.165, 1.54) is 11.6 Å². The molecule has 110 valence electrons. The molecule has 2 nitrogen and oxygen atoms in total. The first-order chi connectivity index (χ1) is 10.1. The van der Waals surface area contributed by atoms with Crippen LogP contribution in [0.3, 0.4) is 0 Å². The summed E-state index contributed by atoms with van der Waals surface area (Å²) in [6, 6.07) is 15.4. The van der Waals surface area contributed by atoms with Crippen molar-refractivity contribution in [3.05, 3.63) is 64.9 Å². The second-order valence-electron chi connectivity index (χ2n) is 5.47. The minimum atomic E-state index is -0.222.